The highest BCUT2D eigenvalue weighted by atomic mass is 127. The zero-order chi connectivity index (χ0) is 24.7. The molecule has 0 aliphatic heterocycles. The van der Waals surface area contributed by atoms with E-state index in [-0.39, 0.29) is 16.9 Å². The molecule has 3 rings (SSSR count). The third-order valence-corrected chi connectivity index (χ3v) is 6.15. The molecule has 0 spiro atoms. The van der Waals surface area contributed by atoms with Crippen LogP contribution in [0.3, 0.4) is 0 Å². The van der Waals surface area contributed by atoms with E-state index in [9.17, 15) is 20.2 Å². The molecule has 0 bridgehead atoms. The number of hydrogen-bond acceptors (Lipinski definition) is 6. The SMILES string of the molecule is COc1cc(/C=C(\C#N)C(=O)Nc2cccc([N+](=O)[O-])c2)cc(I)c1OCc1ccccc1Br. The van der Waals surface area contributed by atoms with Crippen molar-refractivity contribution in [1.29, 1.82) is 5.26 Å². The van der Waals surface area contributed by atoms with Crippen LogP contribution in [0.4, 0.5) is 11.4 Å². The molecule has 0 fully saturated rings. The number of methoxy groups -OCH3 is 1. The van der Waals surface area contributed by atoms with Crippen LogP contribution in [-0.2, 0) is 11.4 Å². The van der Waals surface area contributed by atoms with Crippen LogP contribution in [-0.4, -0.2) is 17.9 Å². The van der Waals surface area contributed by atoms with E-state index in [0.29, 0.717) is 23.7 Å². The Bertz CT molecular complexity index is 1320. The molecule has 1 amide bonds. The normalized spacial score (nSPS) is 10.8. The van der Waals surface area contributed by atoms with Gasteiger partial charge in [0.15, 0.2) is 11.5 Å². The van der Waals surface area contributed by atoms with Gasteiger partial charge in [-0.1, -0.05) is 40.2 Å². The summed E-state index contributed by atoms with van der Waals surface area (Å²) >= 11 is 5.59. The van der Waals surface area contributed by atoms with Gasteiger partial charge in [0.1, 0.15) is 18.2 Å². The second-order valence-corrected chi connectivity index (χ2v) is 8.86. The fourth-order valence-corrected chi connectivity index (χ4v) is 4.12. The predicted octanol–water partition coefficient (Wildman–Crippen LogP) is 6.10. The Morgan fingerprint density at radius 3 is 2.68 bits per heavy atom. The molecule has 0 heterocycles. The summed E-state index contributed by atoms with van der Waals surface area (Å²) in [5.74, 6) is 0.295. The van der Waals surface area contributed by atoms with Crippen LogP contribution in [0.1, 0.15) is 11.1 Å². The van der Waals surface area contributed by atoms with E-state index in [1.165, 1.54) is 37.5 Å². The van der Waals surface area contributed by atoms with Gasteiger partial charge in [-0.2, -0.15) is 5.26 Å². The summed E-state index contributed by atoms with van der Waals surface area (Å²) < 4.78 is 13.1. The number of hydrogen-bond donors (Lipinski definition) is 1. The van der Waals surface area contributed by atoms with Crippen molar-refractivity contribution in [2.45, 2.75) is 6.61 Å². The Hall–Kier alpha value is -3.43. The molecule has 0 aliphatic rings. The zero-order valence-electron chi connectivity index (χ0n) is 17.7. The van der Waals surface area contributed by atoms with Crippen LogP contribution in [0.5, 0.6) is 11.5 Å². The molecule has 3 aromatic carbocycles. The molecule has 1 N–H and O–H groups in total. The fourth-order valence-electron chi connectivity index (χ4n) is 2.94. The standard InChI is InChI=1S/C24H17BrIN3O5/c1-33-22-11-15(10-21(26)23(22)34-14-16-5-2-3-8-20(16)25)9-17(13-27)24(30)28-18-6-4-7-19(12-18)29(31)32/h2-12H,14H2,1H3,(H,28,30)/b17-9+. The number of nitrogens with zero attached hydrogens (tertiary/aromatic N) is 2. The smallest absolute Gasteiger partial charge is 0.271 e. The summed E-state index contributed by atoms with van der Waals surface area (Å²) in [6, 6.07) is 18.5. The number of nitro groups is 1. The van der Waals surface area contributed by atoms with Gasteiger partial charge < -0.3 is 14.8 Å². The lowest BCUT2D eigenvalue weighted by Gasteiger charge is -2.14. The minimum atomic E-state index is -0.689. The Labute approximate surface area is 217 Å². The highest BCUT2D eigenvalue weighted by molar-refractivity contribution is 14.1. The van der Waals surface area contributed by atoms with Gasteiger partial charge in [0.05, 0.1) is 15.6 Å². The maximum atomic E-state index is 12.6. The molecule has 3 aromatic rings. The lowest BCUT2D eigenvalue weighted by atomic mass is 10.1. The summed E-state index contributed by atoms with van der Waals surface area (Å²) in [5, 5.41) is 23.0. The number of benzene rings is 3. The predicted molar refractivity (Wildman–Crippen MR) is 140 cm³/mol. The monoisotopic (exact) mass is 633 g/mol. The van der Waals surface area contributed by atoms with Crippen LogP contribution in [0.15, 0.2) is 70.7 Å². The second kappa shape index (κ2) is 11.6. The number of halogens is 2. The van der Waals surface area contributed by atoms with Gasteiger partial charge in [-0.3, -0.25) is 14.9 Å². The first-order valence-corrected chi connectivity index (χ1v) is 11.6. The van der Waals surface area contributed by atoms with E-state index in [4.69, 9.17) is 9.47 Å². The molecule has 0 radical (unpaired) electrons. The average Bonchev–Trinajstić information content (AvgIpc) is 2.82. The van der Waals surface area contributed by atoms with Gasteiger partial charge >= 0.3 is 0 Å². The van der Waals surface area contributed by atoms with E-state index in [2.05, 4.69) is 43.8 Å². The van der Waals surface area contributed by atoms with Gasteiger partial charge in [0.25, 0.3) is 11.6 Å². The number of nitro benzene ring substituents is 1. The zero-order valence-corrected chi connectivity index (χ0v) is 21.5. The van der Waals surface area contributed by atoms with Crippen molar-refractivity contribution < 1.29 is 19.2 Å². The van der Waals surface area contributed by atoms with Crippen molar-refractivity contribution >= 4 is 61.9 Å². The van der Waals surface area contributed by atoms with Crippen LogP contribution < -0.4 is 14.8 Å². The number of carbonyl (C=O) groups excluding carboxylic acids is 1. The number of nitrogens with one attached hydrogen (secondary N) is 1. The maximum Gasteiger partial charge on any atom is 0.271 e. The van der Waals surface area contributed by atoms with Crippen LogP contribution >= 0.6 is 38.5 Å². The third kappa shape index (κ3) is 6.33. The lowest BCUT2D eigenvalue weighted by molar-refractivity contribution is -0.384. The van der Waals surface area contributed by atoms with Crippen LogP contribution in [0, 0.1) is 25.0 Å². The molecule has 0 aromatic heterocycles. The van der Waals surface area contributed by atoms with Gasteiger partial charge in [-0.25, -0.2) is 0 Å². The van der Waals surface area contributed by atoms with Crippen molar-refractivity contribution in [2.24, 2.45) is 0 Å². The van der Waals surface area contributed by atoms with Gasteiger partial charge in [-0.15, -0.1) is 0 Å². The first kappa shape index (κ1) is 25.2. The largest absolute Gasteiger partial charge is 0.493 e. The van der Waals surface area contributed by atoms with Crippen LogP contribution in [0.25, 0.3) is 6.08 Å². The van der Waals surface area contributed by atoms with E-state index in [0.717, 1.165) is 13.6 Å². The average molecular weight is 634 g/mol. The van der Waals surface area contributed by atoms with Gasteiger partial charge in [-0.05, 0) is 58.5 Å². The summed E-state index contributed by atoms with van der Waals surface area (Å²) in [6.07, 6.45) is 1.41. The lowest BCUT2D eigenvalue weighted by Crippen LogP contribution is -2.13. The molecule has 0 unspecified atom stereocenters. The molecule has 34 heavy (non-hydrogen) atoms. The molecule has 0 saturated heterocycles. The van der Waals surface area contributed by atoms with E-state index in [1.807, 2.05) is 30.3 Å². The molecule has 0 saturated carbocycles. The number of ether oxygens (including phenoxy) is 2. The first-order chi connectivity index (χ1) is 16.3. The van der Waals surface area contributed by atoms with Crippen molar-refractivity contribution in [2.75, 3.05) is 12.4 Å². The minimum Gasteiger partial charge on any atom is -0.493 e. The third-order valence-electron chi connectivity index (χ3n) is 4.57. The van der Waals surface area contributed by atoms with Crippen molar-refractivity contribution in [3.63, 3.8) is 0 Å². The number of carbonyl (C=O) groups is 1. The summed E-state index contributed by atoms with van der Waals surface area (Å²) in [6.45, 7) is 0.317. The number of anilines is 1. The fraction of sp³-hybridized carbons (Fsp3) is 0.0833. The van der Waals surface area contributed by atoms with Crippen molar-refractivity contribution in [3.8, 4) is 17.6 Å². The maximum absolute atomic E-state index is 12.6. The Morgan fingerprint density at radius 2 is 2.00 bits per heavy atom. The number of rotatable bonds is 8. The van der Waals surface area contributed by atoms with Crippen LogP contribution in [0.2, 0.25) is 0 Å². The Kier molecular flexibility index (Phi) is 8.61. The molecular formula is C24H17BrIN3O5. The summed E-state index contributed by atoms with van der Waals surface area (Å²) in [4.78, 5) is 23.0. The quantitative estimate of drug-likeness (QED) is 0.105. The first-order valence-electron chi connectivity index (χ1n) is 9.73. The second-order valence-electron chi connectivity index (χ2n) is 6.85. The van der Waals surface area contributed by atoms with Crippen molar-refractivity contribution in [3.05, 3.63) is 95.5 Å². The number of nitriles is 1. The minimum absolute atomic E-state index is 0.169. The highest BCUT2D eigenvalue weighted by Gasteiger charge is 2.15. The Balaban J connectivity index is 1.83. The molecule has 0 aliphatic carbocycles. The number of non-ortho nitro benzene ring substituents is 1. The topological polar surface area (TPSA) is 114 Å². The Morgan fingerprint density at radius 1 is 1.24 bits per heavy atom. The van der Waals surface area contributed by atoms with E-state index >= 15 is 0 Å². The summed E-state index contributed by atoms with van der Waals surface area (Å²) in [5.41, 5.74) is 1.39. The molecule has 10 heteroatoms. The molecule has 8 nitrogen and oxygen atoms in total. The number of amides is 1. The molecule has 0 atom stereocenters. The molecular weight excluding hydrogens is 617 g/mol. The molecule has 172 valence electrons. The van der Waals surface area contributed by atoms with E-state index in [1.54, 1.807) is 12.1 Å². The van der Waals surface area contributed by atoms with Crippen molar-refractivity contribution in [1.82, 2.24) is 0 Å². The van der Waals surface area contributed by atoms with E-state index < -0.39 is 10.8 Å². The van der Waals surface area contributed by atoms with Gasteiger partial charge in [0, 0.05) is 27.9 Å². The summed E-state index contributed by atoms with van der Waals surface area (Å²) in [7, 11) is 1.50. The van der Waals surface area contributed by atoms with Gasteiger partial charge in [0.2, 0.25) is 0 Å². The highest BCUT2D eigenvalue weighted by Crippen LogP contribution is 2.35.